The Morgan fingerprint density at radius 1 is 1.58 bits per heavy atom. The van der Waals surface area contributed by atoms with Crippen LogP contribution in [0.3, 0.4) is 0 Å². The number of carbonyl (C=O) groups is 1. The maximum atomic E-state index is 10.5. The minimum atomic E-state index is -0.428. The molecule has 2 nitrogen and oxygen atoms in total. The predicted molar refractivity (Wildman–Crippen MR) is 48.5 cm³/mol. The summed E-state index contributed by atoms with van der Waals surface area (Å²) >= 11 is 11.0. The Labute approximate surface area is 80.5 Å². The number of aromatic nitrogens is 1. The average molecular weight is 204 g/mol. The normalized spacial score (nSPS) is 9.92. The van der Waals surface area contributed by atoms with Gasteiger partial charge in [-0.3, -0.25) is 4.79 Å². The summed E-state index contributed by atoms with van der Waals surface area (Å²) in [6.45, 7) is 1.83. The van der Waals surface area contributed by atoms with E-state index >= 15 is 0 Å². The van der Waals surface area contributed by atoms with Crippen LogP contribution in [0.5, 0.6) is 0 Å². The van der Waals surface area contributed by atoms with E-state index in [1.165, 1.54) is 0 Å². The molecule has 1 aromatic rings. The summed E-state index contributed by atoms with van der Waals surface area (Å²) in [6, 6.07) is 3.55. The molecule has 0 saturated carbocycles. The Morgan fingerprint density at radius 3 is 2.75 bits per heavy atom. The highest BCUT2D eigenvalue weighted by atomic mass is 35.5. The zero-order chi connectivity index (χ0) is 9.14. The number of pyridine rings is 1. The van der Waals surface area contributed by atoms with Gasteiger partial charge in [0.05, 0.1) is 0 Å². The maximum Gasteiger partial charge on any atom is 0.226 e. The lowest BCUT2D eigenvalue weighted by Gasteiger charge is -2.00. The molecule has 12 heavy (non-hydrogen) atoms. The lowest BCUT2D eigenvalue weighted by atomic mass is 10.2. The van der Waals surface area contributed by atoms with Crippen molar-refractivity contribution in [2.24, 2.45) is 0 Å². The van der Waals surface area contributed by atoms with E-state index in [0.29, 0.717) is 10.7 Å². The molecule has 1 heterocycles. The first kappa shape index (κ1) is 9.49. The van der Waals surface area contributed by atoms with Crippen molar-refractivity contribution in [3.8, 4) is 0 Å². The molecule has 4 heteroatoms. The van der Waals surface area contributed by atoms with Gasteiger partial charge in [-0.05, 0) is 30.2 Å². The molecule has 64 valence electrons. The molecular weight excluding hydrogens is 197 g/mol. The Kier molecular flexibility index (Phi) is 3.06. The maximum absolute atomic E-state index is 10.5. The fourth-order valence-corrected chi connectivity index (χ4v) is 1.24. The topological polar surface area (TPSA) is 30.0 Å². The van der Waals surface area contributed by atoms with Gasteiger partial charge in [0.1, 0.15) is 5.15 Å². The minimum absolute atomic E-state index is 0.133. The summed E-state index contributed by atoms with van der Waals surface area (Å²) in [7, 11) is 0. The first-order valence-corrected chi connectivity index (χ1v) is 4.15. The lowest BCUT2D eigenvalue weighted by Crippen LogP contribution is -1.96. The molecule has 0 aliphatic heterocycles. The van der Waals surface area contributed by atoms with Crippen LogP contribution in [0.4, 0.5) is 0 Å². The van der Waals surface area contributed by atoms with Gasteiger partial charge in [-0.15, -0.1) is 0 Å². The molecule has 0 amide bonds. The SMILES string of the molecule is Cc1ccc(CC(=O)Cl)c(Cl)n1. The standard InChI is InChI=1S/C8H7Cl2NO/c1-5-2-3-6(4-7(9)12)8(10)11-5/h2-3H,4H2,1H3. The van der Waals surface area contributed by atoms with Crippen molar-refractivity contribution in [3.63, 3.8) is 0 Å². The molecule has 0 atom stereocenters. The van der Waals surface area contributed by atoms with Crippen LogP contribution >= 0.6 is 23.2 Å². The van der Waals surface area contributed by atoms with Crippen molar-refractivity contribution in [1.82, 2.24) is 4.98 Å². The average Bonchev–Trinajstić information content (AvgIpc) is 1.94. The van der Waals surface area contributed by atoms with E-state index in [1.807, 2.05) is 6.92 Å². The van der Waals surface area contributed by atoms with Crippen LogP contribution in [-0.2, 0) is 11.2 Å². The fraction of sp³-hybridized carbons (Fsp3) is 0.250. The predicted octanol–water partition coefficient (Wildman–Crippen LogP) is 2.35. The first-order valence-electron chi connectivity index (χ1n) is 3.40. The van der Waals surface area contributed by atoms with Gasteiger partial charge >= 0.3 is 0 Å². The summed E-state index contributed by atoms with van der Waals surface area (Å²) in [4.78, 5) is 14.5. The summed E-state index contributed by atoms with van der Waals surface area (Å²) in [5.41, 5.74) is 1.49. The van der Waals surface area contributed by atoms with E-state index in [0.717, 1.165) is 5.69 Å². The third kappa shape index (κ3) is 2.47. The number of carbonyl (C=O) groups excluding carboxylic acids is 1. The fourth-order valence-electron chi connectivity index (χ4n) is 0.835. The van der Waals surface area contributed by atoms with E-state index in [4.69, 9.17) is 23.2 Å². The van der Waals surface area contributed by atoms with E-state index in [2.05, 4.69) is 4.98 Å². The third-order valence-corrected chi connectivity index (χ3v) is 1.86. The van der Waals surface area contributed by atoms with Crippen LogP contribution in [0.2, 0.25) is 5.15 Å². The summed E-state index contributed by atoms with van der Waals surface area (Å²) < 4.78 is 0. The van der Waals surface area contributed by atoms with Crippen LogP contribution < -0.4 is 0 Å². The Hall–Kier alpha value is -0.600. The molecule has 0 unspecified atom stereocenters. The van der Waals surface area contributed by atoms with E-state index < -0.39 is 5.24 Å². The third-order valence-electron chi connectivity index (χ3n) is 1.39. The van der Waals surface area contributed by atoms with Crippen molar-refractivity contribution in [2.45, 2.75) is 13.3 Å². The van der Waals surface area contributed by atoms with Crippen molar-refractivity contribution in [2.75, 3.05) is 0 Å². The second-order valence-corrected chi connectivity index (χ2v) is 3.21. The second-order valence-electron chi connectivity index (χ2n) is 2.43. The van der Waals surface area contributed by atoms with Gasteiger partial charge in [0.15, 0.2) is 0 Å². The van der Waals surface area contributed by atoms with Gasteiger partial charge in [0, 0.05) is 12.1 Å². The highest BCUT2D eigenvalue weighted by Gasteiger charge is 2.05. The smallest absolute Gasteiger partial charge is 0.226 e. The van der Waals surface area contributed by atoms with Crippen LogP contribution in [0.15, 0.2) is 12.1 Å². The lowest BCUT2D eigenvalue weighted by molar-refractivity contribution is -0.111. The van der Waals surface area contributed by atoms with Gasteiger partial charge in [-0.2, -0.15) is 0 Å². The molecule has 0 spiro atoms. The molecule has 0 radical (unpaired) electrons. The Balaban J connectivity index is 2.93. The van der Waals surface area contributed by atoms with Gasteiger partial charge in [-0.1, -0.05) is 17.7 Å². The highest BCUT2D eigenvalue weighted by Crippen LogP contribution is 2.14. The van der Waals surface area contributed by atoms with Gasteiger partial charge in [0.2, 0.25) is 5.24 Å². The van der Waals surface area contributed by atoms with Gasteiger partial charge in [0.25, 0.3) is 0 Å². The van der Waals surface area contributed by atoms with Crippen LogP contribution in [0, 0.1) is 6.92 Å². The number of halogens is 2. The van der Waals surface area contributed by atoms with E-state index in [9.17, 15) is 4.79 Å². The summed E-state index contributed by atoms with van der Waals surface area (Å²) in [5, 5.41) is -0.0773. The zero-order valence-electron chi connectivity index (χ0n) is 6.47. The second kappa shape index (κ2) is 3.87. The molecule has 0 aromatic carbocycles. The van der Waals surface area contributed by atoms with E-state index in [1.54, 1.807) is 12.1 Å². The molecule has 1 aromatic heterocycles. The van der Waals surface area contributed by atoms with Gasteiger partial charge < -0.3 is 0 Å². The summed E-state index contributed by atoms with van der Waals surface area (Å²) in [5.74, 6) is 0. The zero-order valence-corrected chi connectivity index (χ0v) is 7.99. The van der Waals surface area contributed by atoms with Crippen molar-refractivity contribution >= 4 is 28.4 Å². The number of aryl methyl sites for hydroxylation is 1. The van der Waals surface area contributed by atoms with E-state index in [-0.39, 0.29) is 6.42 Å². The molecule has 0 aliphatic rings. The molecular formula is C8H7Cl2NO. The van der Waals surface area contributed by atoms with Crippen molar-refractivity contribution in [1.29, 1.82) is 0 Å². The first-order chi connectivity index (χ1) is 5.59. The molecule has 0 saturated heterocycles. The van der Waals surface area contributed by atoms with Gasteiger partial charge in [-0.25, -0.2) is 4.98 Å². The number of hydrogen-bond donors (Lipinski definition) is 0. The molecule has 0 fully saturated rings. The summed E-state index contributed by atoms with van der Waals surface area (Å²) in [6.07, 6.45) is 0.133. The van der Waals surface area contributed by atoms with Crippen molar-refractivity contribution < 1.29 is 4.79 Å². The van der Waals surface area contributed by atoms with Crippen LogP contribution in [-0.4, -0.2) is 10.2 Å². The molecule has 1 rings (SSSR count). The largest absolute Gasteiger partial charge is 0.281 e. The minimum Gasteiger partial charge on any atom is -0.281 e. The monoisotopic (exact) mass is 203 g/mol. The van der Waals surface area contributed by atoms with Crippen LogP contribution in [0.1, 0.15) is 11.3 Å². The highest BCUT2D eigenvalue weighted by molar-refractivity contribution is 6.63. The quantitative estimate of drug-likeness (QED) is 0.546. The molecule has 0 bridgehead atoms. The molecule has 0 aliphatic carbocycles. The number of nitrogens with zero attached hydrogens (tertiary/aromatic N) is 1. The number of hydrogen-bond acceptors (Lipinski definition) is 2. The Morgan fingerprint density at radius 2 is 2.25 bits per heavy atom. The Bertz CT molecular complexity index is 312. The number of rotatable bonds is 2. The van der Waals surface area contributed by atoms with Crippen LogP contribution in [0.25, 0.3) is 0 Å². The molecule has 0 N–H and O–H groups in total. The van der Waals surface area contributed by atoms with Crippen molar-refractivity contribution in [3.05, 3.63) is 28.5 Å².